The molecule has 0 unspecified atom stereocenters. The number of ether oxygens (including phenoxy) is 8. The zero-order chi connectivity index (χ0) is 58.6. The molecule has 0 aromatic heterocycles. The Labute approximate surface area is 475 Å². The van der Waals surface area contributed by atoms with Crippen molar-refractivity contribution in [1.82, 2.24) is 9.80 Å². The van der Waals surface area contributed by atoms with Gasteiger partial charge in [-0.25, -0.2) is 9.59 Å². The summed E-state index contributed by atoms with van der Waals surface area (Å²) >= 11 is 0. The number of esters is 4. The number of methoxy groups -OCH3 is 4. The molecule has 3 aromatic rings. The monoisotopic (exact) mass is 1130 g/mol. The van der Waals surface area contributed by atoms with Gasteiger partial charge in [0, 0.05) is 104 Å². The van der Waals surface area contributed by atoms with Gasteiger partial charge in [-0.15, -0.1) is 0 Å². The maximum atomic E-state index is 14.1. The van der Waals surface area contributed by atoms with Gasteiger partial charge in [-0.3, -0.25) is 29.0 Å². The minimum absolute atomic E-state index is 0.274. The number of fused-ring (bicyclic) bond motifs is 2. The van der Waals surface area contributed by atoms with Gasteiger partial charge in [-0.1, -0.05) is 44.2 Å². The van der Waals surface area contributed by atoms with E-state index in [1.54, 1.807) is 50.5 Å². The molecule has 3 aromatic carbocycles. The van der Waals surface area contributed by atoms with Crippen LogP contribution in [0.3, 0.4) is 0 Å². The molecule has 6 heterocycles. The Balaban J connectivity index is 0.811. The molecule has 0 bridgehead atoms. The lowest BCUT2D eigenvalue weighted by Gasteiger charge is -2.63. The number of benzene rings is 3. The van der Waals surface area contributed by atoms with E-state index in [1.807, 2.05) is 60.1 Å². The summed E-state index contributed by atoms with van der Waals surface area (Å²) in [6.07, 6.45) is 7.29. The van der Waals surface area contributed by atoms with E-state index in [0.29, 0.717) is 86.1 Å². The molecule has 82 heavy (non-hydrogen) atoms. The van der Waals surface area contributed by atoms with Crippen molar-refractivity contribution < 1.29 is 76.9 Å². The number of aliphatic hydroxyl groups is 2. The first kappa shape index (κ1) is 56.5. The number of carbonyl (C=O) groups excluding carboxylic acids is 6. The predicted molar refractivity (Wildman–Crippen MR) is 297 cm³/mol. The first-order chi connectivity index (χ1) is 39.2. The summed E-state index contributed by atoms with van der Waals surface area (Å²) in [4.78, 5) is 90.1. The Hall–Kier alpha value is -7.40. The summed E-state index contributed by atoms with van der Waals surface area (Å²) in [5, 5.41) is 32.0. The van der Waals surface area contributed by atoms with Gasteiger partial charge in [-0.05, 0) is 74.2 Å². The maximum Gasteiger partial charge on any atom is 0.344 e. The van der Waals surface area contributed by atoms with Gasteiger partial charge >= 0.3 is 23.9 Å². The number of nitrogens with one attached hydrogen (secondary N) is 2. The summed E-state index contributed by atoms with van der Waals surface area (Å²) in [6.45, 7) is 8.03. The van der Waals surface area contributed by atoms with Crippen LogP contribution < -0.4 is 39.4 Å². The maximum absolute atomic E-state index is 14.1. The van der Waals surface area contributed by atoms with Gasteiger partial charge in [0.2, 0.25) is 11.2 Å². The van der Waals surface area contributed by atoms with Crippen molar-refractivity contribution >= 4 is 58.4 Å². The first-order valence-corrected chi connectivity index (χ1v) is 27.8. The quantitative estimate of drug-likeness (QED) is 0.0908. The zero-order valence-electron chi connectivity index (χ0n) is 47.9. The Morgan fingerprint density at radius 2 is 1.00 bits per heavy atom. The topological polar surface area (TPSA) is 254 Å². The molecule has 0 radical (unpaired) electrons. The number of amides is 2. The molecule has 22 heteroatoms. The van der Waals surface area contributed by atoms with Crippen LogP contribution in [-0.2, 0) is 58.5 Å². The van der Waals surface area contributed by atoms with Crippen LogP contribution in [0.5, 0.6) is 23.0 Å². The van der Waals surface area contributed by atoms with Crippen LogP contribution in [0.25, 0.3) is 0 Å². The molecule has 438 valence electrons. The average molecular weight is 1130 g/mol. The highest BCUT2D eigenvalue weighted by Crippen LogP contribution is 2.70. The molecule has 4 N–H and O–H groups in total. The molecule has 2 spiro atoms. The molecule has 22 nitrogen and oxygen atoms in total. The summed E-state index contributed by atoms with van der Waals surface area (Å²) in [5.41, 5.74) is -4.92. The van der Waals surface area contributed by atoms with E-state index >= 15 is 0 Å². The molecule has 2 aliphatic carbocycles. The van der Waals surface area contributed by atoms with Gasteiger partial charge < -0.3 is 68.5 Å². The number of nitrogens with zero attached hydrogens (tertiary/aromatic N) is 4. The third-order valence-electron chi connectivity index (χ3n) is 19.6. The van der Waals surface area contributed by atoms with Gasteiger partial charge in [0.15, 0.2) is 25.4 Å². The van der Waals surface area contributed by atoms with Crippen LogP contribution in [0.4, 0.5) is 22.7 Å². The van der Waals surface area contributed by atoms with Crippen molar-refractivity contribution in [2.24, 2.45) is 10.8 Å². The largest absolute Gasteiger partial charge is 0.494 e. The van der Waals surface area contributed by atoms with Crippen molar-refractivity contribution in [2.45, 2.75) is 112 Å². The minimum atomic E-state index is -2.32. The SMILES string of the molecule is CC[C@]12C=CCN3CC[C@@]4(c5cc(NC(=O)COc6cccc(OCC(=O)Nc7cc8c(cc7OC)N(C)[C@H]7[C@@](O)(C(=O)OC)[C@H](OC(C)=O)[C@]9(CC)C=CCN%10CC[C@]87[C@@H]%109)c6)c(OC)cc5N(C)[C@H]4[C@@](O)(C(=O)OC)[C@@H]1OC(C)=O)[C@@H]32. The second kappa shape index (κ2) is 20.2. The fraction of sp³-hybridized carbons (Fsp3) is 0.533. The summed E-state index contributed by atoms with van der Waals surface area (Å²) < 4.78 is 46.5. The lowest BCUT2D eigenvalue weighted by Crippen LogP contribution is -2.81. The van der Waals surface area contributed by atoms with Crippen molar-refractivity contribution in [2.75, 3.05) is 102 Å². The molecular weight excluding hydrogens is 1060 g/mol. The predicted octanol–water partition coefficient (Wildman–Crippen LogP) is 3.63. The standard InChI is InChI=1S/C60H72N6O16/c1-11-55-18-14-22-65-24-20-57(47(55)65)37-27-39(43(75-7)29-41(37)63(5)49(57)59(73,53(71)77-9)51(55)81-33(3)67)61-45(69)31-79-35-16-13-17-36(26-35)80-32-46(70)62-40-28-38-42(30-44(40)76-8)64(6)50-58(38)21-25-66-23-15-19-56(12-2,48(58)66)52(82-34(4)68)60(50,74)54(72)78-10/h13-19,26-30,47-52,73-74H,11-12,20-25,31-32H2,1-10H3,(H,61,69)(H,62,70)/t47-,48-,49+,50+,51+,52+,55+,56+,57+,58+,59-,60-/m0/s1. The second-order valence-corrected chi connectivity index (χ2v) is 23.0. The summed E-state index contributed by atoms with van der Waals surface area (Å²) in [6, 6.07) is 11.2. The third-order valence-corrected chi connectivity index (χ3v) is 19.6. The molecule has 12 atom stereocenters. The molecule has 11 rings (SSSR count). The van der Waals surface area contributed by atoms with Crippen LogP contribution in [0, 0.1) is 10.8 Å². The number of carbonyl (C=O) groups is 6. The van der Waals surface area contributed by atoms with Gasteiger partial charge in [0.25, 0.3) is 11.8 Å². The Kier molecular flexibility index (Phi) is 13.9. The van der Waals surface area contributed by atoms with E-state index < -0.39 is 106 Å². The number of rotatable bonds is 16. The van der Waals surface area contributed by atoms with E-state index in [-0.39, 0.29) is 23.6 Å². The Morgan fingerprint density at radius 3 is 1.35 bits per heavy atom. The normalized spacial score (nSPS) is 33.1. The number of hydrogen-bond acceptors (Lipinski definition) is 20. The van der Waals surface area contributed by atoms with Crippen molar-refractivity contribution in [3.63, 3.8) is 0 Å². The van der Waals surface area contributed by atoms with Gasteiger partial charge in [0.05, 0.1) is 51.9 Å². The van der Waals surface area contributed by atoms with Crippen molar-refractivity contribution in [3.8, 4) is 23.0 Å². The highest BCUT2D eigenvalue weighted by molar-refractivity contribution is 5.97. The van der Waals surface area contributed by atoms with Crippen LogP contribution in [0.15, 0.2) is 72.8 Å². The highest BCUT2D eigenvalue weighted by Gasteiger charge is 2.82. The van der Waals surface area contributed by atoms with E-state index in [1.165, 1.54) is 42.3 Å². The Morgan fingerprint density at radius 1 is 0.598 bits per heavy atom. The minimum Gasteiger partial charge on any atom is -0.494 e. The molecule has 6 aliphatic heterocycles. The second-order valence-electron chi connectivity index (χ2n) is 23.0. The van der Waals surface area contributed by atoms with Gasteiger partial charge in [0.1, 0.15) is 23.0 Å². The molecule has 4 fully saturated rings. The van der Waals surface area contributed by atoms with Crippen molar-refractivity contribution in [3.05, 3.63) is 84.0 Å². The zero-order valence-corrected chi connectivity index (χ0v) is 47.9. The molecule has 2 saturated heterocycles. The van der Waals surface area contributed by atoms with E-state index in [9.17, 15) is 39.0 Å². The lowest BCUT2D eigenvalue weighted by atomic mass is 9.47. The van der Waals surface area contributed by atoms with Crippen LogP contribution in [0.1, 0.15) is 64.5 Å². The van der Waals surface area contributed by atoms with Crippen LogP contribution in [0.2, 0.25) is 0 Å². The van der Waals surface area contributed by atoms with Crippen LogP contribution >= 0.6 is 0 Å². The van der Waals surface area contributed by atoms with E-state index in [0.717, 1.165) is 11.1 Å². The van der Waals surface area contributed by atoms with Crippen molar-refractivity contribution in [1.29, 1.82) is 0 Å². The smallest absolute Gasteiger partial charge is 0.344 e. The molecular formula is C60H72N6O16. The van der Waals surface area contributed by atoms with Gasteiger partial charge in [-0.2, -0.15) is 0 Å². The number of likely N-dealkylation sites (N-methyl/N-ethyl adjacent to an activating group) is 2. The third kappa shape index (κ3) is 7.65. The average Bonchev–Trinajstić information content (AvgIpc) is 1.46. The van der Waals surface area contributed by atoms with Crippen LogP contribution in [-0.4, -0.2) is 185 Å². The highest BCUT2D eigenvalue weighted by atomic mass is 16.6. The summed E-state index contributed by atoms with van der Waals surface area (Å²) in [7, 11) is 8.94. The fourth-order valence-corrected chi connectivity index (χ4v) is 17.0. The van der Waals surface area contributed by atoms with E-state index in [4.69, 9.17) is 37.9 Å². The number of anilines is 4. The molecule has 2 amide bonds. The van der Waals surface area contributed by atoms with E-state index in [2.05, 4.69) is 20.4 Å². The summed E-state index contributed by atoms with van der Waals surface area (Å²) in [5.74, 6) is -3.00. The number of hydrogen-bond donors (Lipinski definition) is 4. The molecule has 8 aliphatic rings. The lowest BCUT2D eigenvalue weighted by molar-refractivity contribution is -0.229. The first-order valence-electron chi connectivity index (χ1n) is 27.8. The Bertz CT molecular complexity index is 3020. The fourth-order valence-electron chi connectivity index (χ4n) is 17.0. The molecule has 2 saturated carbocycles.